The van der Waals surface area contributed by atoms with Gasteiger partial charge in [-0.15, -0.1) is 0 Å². The van der Waals surface area contributed by atoms with E-state index in [0.717, 1.165) is 23.4 Å². The highest BCUT2D eigenvalue weighted by molar-refractivity contribution is 5.59. The van der Waals surface area contributed by atoms with Crippen LogP contribution in [0.2, 0.25) is 0 Å². The summed E-state index contributed by atoms with van der Waals surface area (Å²) < 4.78 is 5.58. The van der Waals surface area contributed by atoms with Gasteiger partial charge in [-0.25, -0.2) is 4.98 Å². The fraction of sp³-hybridized carbons (Fsp3) is 0.375. The van der Waals surface area contributed by atoms with Gasteiger partial charge in [-0.3, -0.25) is 0 Å². The number of nitrogens with one attached hydrogen (secondary N) is 1. The predicted molar refractivity (Wildman–Crippen MR) is 84.9 cm³/mol. The molecule has 1 atom stereocenters. The lowest BCUT2D eigenvalue weighted by molar-refractivity contribution is 0.305. The zero-order valence-electron chi connectivity index (χ0n) is 12.8. The van der Waals surface area contributed by atoms with Crippen LogP contribution in [-0.2, 0) is 0 Å². The first-order valence-corrected chi connectivity index (χ1v) is 7.20. The lowest BCUT2D eigenvalue weighted by atomic mass is 10.1. The third-order valence-corrected chi connectivity index (χ3v) is 2.98. The molecule has 0 bridgehead atoms. The lowest BCUT2D eigenvalue weighted by Gasteiger charge is -2.14. The molecule has 0 fully saturated rings. The molecule has 0 amide bonds. The Morgan fingerprint density at radius 1 is 1.29 bits per heavy atom. The number of hydrogen-bond acceptors (Lipinski definition) is 5. The van der Waals surface area contributed by atoms with Crippen LogP contribution in [0.3, 0.4) is 0 Å². The first kappa shape index (κ1) is 15.3. The SMILES string of the molecule is CCCOc1cc(C)nc(Nc2ccccc2C(C)N)n1. The first-order chi connectivity index (χ1) is 10.1. The summed E-state index contributed by atoms with van der Waals surface area (Å²) in [4.78, 5) is 8.78. The molecule has 0 radical (unpaired) electrons. The maximum atomic E-state index is 5.99. The summed E-state index contributed by atoms with van der Waals surface area (Å²) >= 11 is 0. The predicted octanol–water partition coefficient (Wildman–Crippen LogP) is 3.34. The molecule has 2 rings (SSSR count). The second-order valence-corrected chi connectivity index (χ2v) is 5.02. The number of benzene rings is 1. The number of nitrogens with zero attached hydrogens (tertiary/aromatic N) is 2. The molecular weight excluding hydrogens is 264 g/mol. The summed E-state index contributed by atoms with van der Waals surface area (Å²) in [6.45, 7) is 6.58. The largest absolute Gasteiger partial charge is 0.478 e. The van der Waals surface area contributed by atoms with Gasteiger partial charge >= 0.3 is 0 Å². The van der Waals surface area contributed by atoms with Crippen molar-refractivity contribution in [3.8, 4) is 5.88 Å². The van der Waals surface area contributed by atoms with Crippen molar-refractivity contribution in [2.45, 2.75) is 33.2 Å². The molecule has 0 saturated heterocycles. The quantitative estimate of drug-likeness (QED) is 0.852. The normalized spacial score (nSPS) is 12.0. The van der Waals surface area contributed by atoms with E-state index in [1.54, 1.807) is 0 Å². The molecule has 0 aliphatic heterocycles. The number of anilines is 2. The molecule has 112 valence electrons. The van der Waals surface area contributed by atoms with Gasteiger partial charge in [0, 0.05) is 23.5 Å². The monoisotopic (exact) mass is 286 g/mol. The fourth-order valence-corrected chi connectivity index (χ4v) is 2.00. The Hall–Kier alpha value is -2.14. The molecule has 1 aromatic carbocycles. The fourth-order valence-electron chi connectivity index (χ4n) is 2.00. The van der Waals surface area contributed by atoms with E-state index in [-0.39, 0.29) is 6.04 Å². The minimum Gasteiger partial charge on any atom is -0.478 e. The van der Waals surface area contributed by atoms with Crippen molar-refractivity contribution >= 4 is 11.6 Å². The number of para-hydroxylation sites is 1. The zero-order valence-corrected chi connectivity index (χ0v) is 12.8. The van der Waals surface area contributed by atoms with Gasteiger partial charge in [-0.1, -0.05) is 25.1 Å². The van der Waals surface area contributed by atoms with E-state index in [4.69, 9.17) is 10.5 Å². The molecule has 0 saturated carbocycles. The summed E-state index contributed by atoms with van der Waals surface area (Å²) in [5.41, 5.74) is 8.79. The van der Waals surface area contributed by atoms with E-state index >= 15 is 0 Å². The van der Waals surface area contributed by atoms with Gasteiger partial charge in [0.25, 0.3) is 0 Å². The van der Waals surface area contributed by atoms with E-state index < -0.39 is 0 Å². The molecule has 3 N–H and O–H groups in total. The van der Waals surface area contributed by atoms with Crippen LogP contribution in [0, 0.1) is 6.92 Å². The molecule has 0 spiro atoms. The molecule has 2 aromatic rings. The van der Waals surface area contributed by atoms with E-state index in [1.807, 2.05) is 44.2 Å². The van der Waals surface area contributed by atoms with Crippen LogP contribution in [0.1, 0.15) is 37.6 Å². The number of rotatable bonds is 6. The highest BCUT2D eigenvalue weighted by atomic mass is 16.5. The molecule has 1 heterocycles. The Bertz CT molecular complexity index is 599. The molecular formula is C16H22N4O. The molecule has 1 aromatic heterocycles. The van der Waals surface area contributed by atoms with Gasteiger partial charge < -0.3 is 15.8 Å². The van der Waals surface area contributed by atoms with Crippen molar-refractivity contribution < 1.29 is 4.74 Å². The minimum absolute atomic E-state index is 0.0608. The van der Waals surface area contributed by atoms with Crippen LogP contribution in [0.4, 0.5) is 11.6 Å². The number of aromatic nitrogens is 2. The average molecular weight is 286 g/mol. The van der Waals surface area contributed by atoms with Gasteiger partial charge in [-0.05, 0) is 31.9 Å². The second-order valence-electron chi connectivity index (χ2n) is 5.02. The summed E-state index contributed by atoms with van der Waals surface area (Å²) in [6, 6.07) is 9.66. The van der Waals surface area contributed by atoms with Gasteiger partial charge in [0.05, 0.1) is 6.61 Å². The van der Waals surface area contributed by atoms with Gasteiger partial charge in [0.2, 0.25) is 11.8 Å². The number of ether oxygens (including phenoxy) is 1. The minimum atomic E-state index is -0.0608. The Balaban J connectivity index is 2.25. The zero-order chi connectivity index (χ0) is 15.2. The van der Waals surface area contributed by atoms with E-state index in [2.05, 4.69) is 22.2 Å². The third kappa shape index (κ3) is 4.16. The Kier molecular flexibility index (Phi) is 5.11. The van der Waals surface area contributed by atoms with Crippen molar-refractivity contribution in [3.63, 3.8) is 0 Å². The average Bonchev–Trinajstić information content (AvgIpc) is 2.45. The van der Waals surface area contributed by atoms with Crippen LogP contribution >= 0.6 is 0 Å². The van der Waals surface area contributed by atoms with Crippen LogP contribution < -0.4 is 15.8 Å². The van der Waals surface area contributed by atoms with Gasteiger partial charge in [-0.2, -0.15) is 4.98 Å². The highest BCUT2D eigenvalue weighted by Gasteiger charge is 2.09. The van der Waals surface area contributed by atoms with E-state index in [0.29, 0.717) is 18.4 Å². The smallest absolute Gasteiger partial charge is 0.230 e. The Morgan fingerprint density at radius 2 is 2.05 bits per heavy atom. The van der Waals surface area contributed by atoms with Crippen LogP contribution in [0.5, 0.6) is 5.88 Å². The van der Waals surface area contributed by atoms with Gasteiger partial charge in [0.1, 0.15) is 0 Å². The number of nitrogens with two attached hydrogens (primary N) is 1. The van der Waals surface area contributed by atoms with Gasteiger partial charge in [0.15, 0.2) is 0 Å². The molecule has 5 nitrogen and oxygen atoms in total. The standard InChI is InChI=1S/C16H22N4O/c1-4-9-21-15-10-11(2)18-16(20-15)19-14-8-6-5-7-13(14)12(3)17/h5-8,10,12H,4,9,17H2,1-3H3,(H,18,19,20). The third-order valence-electron chi connectivity index (χ3n) is 2.98. The molecule has 21 heavy (non-hydrogen) atoms. The van der Waals surface area contributed by atoms with Crippen LogP contribution in [0.25, 0.3) is 0 Å². The number of hydrogen-bond donors (Lipinski definition) is 2. The lowest BCUT2D eigenvalue weighted by Crippen LogP contribution is -2.09. The number of aryl methyl sites for hydroxylation is 1. The van der Waals surface area contributed by atoms with Crippen molar-refractivity contribution in [1.82, 2.24) is 9.97 Å². The van der Waals surface area contributed by atoms with Crippen molar-refractivity contribution in [1.29, 1.82) is 0 Å². The summed E-state index contributed by atoms with van der Waals surface area (Å²) in [5.74, 6) is 1.11. The van der Waals surface area contributed by atoms with E-state index in [9.17, 15) is 0 Å². The maximum Gasteiger partial charge on any atom is 0.230 e. The summed E-state index contributed by atoms with van der Waals surface area (Å²) in [6.07, 6.45) is 0.944. The summed E-state index contributed by atoms with van der Waals surface area (Å²) in [7, 11) is 0. The second kappa shape index (κ2) is 7.04. The van der Waals surface area contributed by atoms with Crippen molar-refractivity contribution in [3.05, 3.63) is 41.6 Å². The van der Waals surface area contributed by atoms with Crippen LogP contribution in [0.15, 0.2) is 30.3 Å². The van der Waals surface area contributed by atoms with Crippen molar-refractivity contribution in [2.75, 3.05) is 11.9 Å². The van der Waals surface area contributed by atoms with E-state index in [1.165, 1.54) is 0 Å². The molecule has 1 unspecified atom stereocenters. The van der Waals surface area contributed by atoms with Crippen LogP contribution in [-0.4, -0.2) is 16.6 Å². The summed E-state index contributed by atoms with van der Waals surface area (Å²) in [5, 5.41) is 3.23. The first-order valence-electron chi connectivity index (χ1n) is 7.20. The Labute approximate surface area is 125 Å². The molecule has 5 heteroatoms. The highest BCUT2D eigenvalue weighted by Crippen LogP contribution is 2.24. The maximum absolute atomic E-state index is 5.99. The topological polar surface area (TPSA) is 73.1 Å². The Morgan fingerprint density at radius 3 is 2.76 bits per heavy atom. The van der Waals surface area contributed by atoms with Crippen molar-refractivity contribution in [2.24, 2.45) is 5.73 Å². The molecule has 0 aliphatic rings. The molecule has 0 aliphatic carbocycles.